The summed E-state index contributed by atoms with van der Waals surface area (Å²) in [5, 5.41) is 14.9. The van der Waals surface area contributed by atoms with Crippen LogP contribution in [0.5, 0.6) is 0 Å². The molecule has 4 atom stereocenters. The van der Waals surface area contributed by atoms with Gasteiger partial charge in [-0.05, 0) is 42.9 Å². The lowest BCUT2D eigenvalue weighted by Gasteiger charge is -2.05. The highest BCUT2D eigenvalue weighted by atomic mass is 32.1. The first-order valence-electron chi connectivity index (χ1n) is 7.79. The van der Waals surface area contributed by atoms with Crippen LogP contribution in [0.4, 0.5) is 0 Å². The Balaban J connectivity index is 1.37. The second kappa shape index (κ2) is 4.52. The van der Waals surface area contributed by atoms with Crippen molar-refractivity contribution in [1.29, 1.82) is 0 Å². The van der Waals surface area contributed by atoms with Crippen LogP contribution in [0.3, 0.4) is 0 Å². The molecule has 0 spiro atoms. The molecular weight excluding hydrogens is 254 g/mol. The van der Waals surface area contributed by atoms with Gasteiger partial charge >= 0.3 is 0 Å². The molecule has 0 radical (unpaired) electrons. The van der Waals surface area contributed by atoms with Crippen LogP contribution >= 0.6 is 11.3 Å². The van der Waals surface area contributed by atoms with E-state index in [0.29, 0.717) is 6.04 Å². The van der Waals surface area contributed by atoms with Crippen molar-refractivity contribution < 1.29 is 0 Å². The molecule has 1 N–H and O–H groups in total. The summed E-state index contributed by atoms with van der Waals surface area (Å²) in [6.07, 6.45) is 5.54. The van der Waals surface area contributed by atoms with Crippen LogP contribution in [0.2, 0.25) is 0 Å². The molecular formula is C15H23N3S. The van der Waals surface area contributed by atoms with Crippen molar-refractivity contribution >= 4 is 11.3 Å². The van der Waals surface area contributed by atoms with Gasteiger partial charge in [-0.1, -0.05) is 13.8 Å². The maximum Gasteiger partial charge on any atom is 0.121 e. The molecule has 3 fully saturated rings. The maximum absolute atomic E-state index is 4.50. The first-order chi connectivity index (χ1) is 9.24. The largest absolute Gasteiger partial charge is 0.314 e. The van der Waals surface area contributed by atoms with E-state index in [-0.39, 0.29) is 0 Å². The van der Waals surface area contributed by atoms with Gasteiger partial charge in [0, 0.05) is 24.9 Å². The molecule has 1 heterocycles. The minimum atomic E-state index is 0.561. The molecule has 3 saturated carbocycles. The molecule has 0 saturated heterocycles. The monoisotopic (exact) mass is 277 g/mol. The van der Waals surface area contributed by atoms with Gasteiger partial charge < -0.3 is 5.32 Å². The Kier molecular flexibility index (Phi) is 2.92. The van der Waals surface area contributed by atoms with E-state index >= 15 is 0 Å². The molecule has 3 nitrogen and oxygen atoms in total. The molecule has 4 rings (SSSR count). The first kappa shape index (κ1) is 12.3. The van der Waals surface area contributed by atoms with Crippen LogP contribution in [0.15, 0.2) is 0 Å². The fourth-order valence-electron chi connectivity index (χ4n) is 4.63. The van der Waals surface area contributed by atoms with E-state index < -0.39 is 0 Å². The second-order valence-electron chi connectivity index (χ2n) is 6.91. The van der Waals surface area contributed by atoms with E-state index in [0.717, 1.165) is 42.6 Å². The Morgan fingerprint density at radius 3 is 2.63 bits per heavy atom. The van der Waals surface area contributed by atoms with E-state index in [2.05, 4.69) is 29.4 Å². The van der Waals surface area contributed by atoms with Gasteiger partial charge in [-0.25, -0.2) is 0 Å². The van der Waals surface area contributed by atoms with Crippen molar-refractivity contribution in [2.45, 2.75) is 51.5 Å². The minimum absolute atomic E-state index is 0.561. The van der Waals surface area contributed by atoms with Crippen molar-refractivity contribution in [2.24, 2.45) is 23.7 Å². The fourth-order valence-corrected chi connectivity index (χ4v) is 5.68. The molecule has 1 aromatic heterocycles. The van der Waals surface area contributed by atoms with Gasteiger partial charge in [0.25, 0.3) is 0 Å². The lowest BCUT2D eigenvalue weighted by atomic mass is 10.0. The number of hydrogen-bond acceptors (Lipinski definition) is 4. The highest BCUT2D eigenvalue weighted by Crippen LogP contribution is 2.73. The van der Waals surface area contributed by atoms with E-state index in [4.69, 9.17) is 0 Å². The molecule has 4 unspecified atom stereocenters. The Hall–Kier alpha value is -0.480. The Morgan fingerprint density at radius 1 is 1.21 bits per heavy atom. The topological polar surface area (TPSA) is 37.8 Å². The number of fused-ring (bicyclic) bond motifs is 5. The maximum atomic E-state index is 4.50. The molecule has 19 heavy (non-hydrogen) atoms. The van der Waals surface area contributed by atoms with Gasteiger partial charge in [-0.3, -0.25) is 0 Å². The summed E-state index contributed by atoms with van der Waals surface area (Å²) in [6, 6.07) is 0.561. The molecule has 2 bridgehead atoms. The number of aromatic nitrogens is 2. The van der Waals surface area contributed by atoms with Gasteiger partial charge in [0.15, 0.2) is 0 Å². The predicted octanol–water partition coefficient (Wildman–Crippen LogP) is 2.84. The molecule has 4 heteroatoms. The van der Waals surface area contributed by atoms with Crippen molar-refractivity contribution in [3.63, 3.8) is 0 Å². The standard InChI is InChI=1S/C15H23N3S/c1-8(2)16-6-5-11-17-18-15(19-11)14-12-9-3-4-10(7-9)13(12)14/h8-10,12-14,16H,3-7H2,1-2H3. The third-order valence-electron chi connectivity index (χ3n) is 5.39. The van der Waals surface area contributed by atoms with Crippen molar-refractivity contribution in [2.75, 3.05) is 6.54 Å². The molecule has 104 valence electrons. The second-order valence-corrected chi connectivity index (χ2v) is 8.00. The number of rotatable bonds is 5. The van der Waals surface area contributed by atoms with E-state index in [1.54, 1.807) is 0 Å². The summed E-state index contributed by atoms with van der Waals surface area (Å²) < 4.78 is 0. The summed E-state index contributed by atoms with van der Waals surface area (Å²) in [5.74, 6) is 4.86. The number of hydrogen-bond donors (Lipinski definition) is 1. The summed E-state index contributed by atoms with van der Waals surface area (Å²) in [7, 11) is 0. The lowest BCUT2D eigenvalue weighted by Crippen LogP contribution is -2.24. The zero-order valence-electron chi connectivity index (χ0n) is 11.8. The average Bonchev–Trinajstić information content (AvgIpc) is 2.78. The summed E-state index contributed by atoms with van der Waals surface area (Å²) in [6.45, 7) is 5.40. The summed E-state index contributed by atoms with van der Waals surface area (Å²) in [5.41, 5.74) is 0. The predicted molar refractivity (Wildman–Crippen MR) is 77.3 cm³/mol. The van der Waals surface area contributed by atoms with Crippen LogP contribution in [0.1, 0.15) is 49.0 Å². The van der Waals surface area contributed by atoms with Crippen LogP contribution in [-0.2, 0) is 6.42 Å². The van der Waals surface area contributed by atoms with Crippen molar-refractivity contribution in [1.82, 2.24) is 15.5 Å². The molecule has 0 aliphatic heterocycles. The summed E-state index contributed by atoms with van der Waals surface area (Å²) in [4.78, 5) is 0. The molecule has 3 aliphatic carbocycles. The Morgan fingerprint density at radius 2 is 1.95 bits per heavy atom. The zero-order valence-corrected chi connectivity index (χ0v) is 12.6. The van der Waals surface area contributed by atoms with E-state index in [1.807, 2.05) is 11.3 Å². The van der Waals surface area contributed by atoms with Crippen LogP contribution in [-0.4, -0.2) is 22.8 Å². The van der Waals surface area contributed by atoms with E-state index in [9.17, 15) is 0 Å². The van der Waals surface area contributed by atoms with Gasteiger partial charge in [0.1, 0.15) is 10.0 Å². The van der Waals surface area contributed by atoms with Crippen molar-refractivity contribution in [3.05, 3.63) is 10.0 Å². The van der Waals surface area contributed by atoms with Gasteiger partial charge in [-0.2, -0.15) is 0 Å². The average molecular weight is 277 g/mol. The molecule has 1 aromatic rings. The fraction of sp³-hybridized carbons (Fsp3) is 0.867. The molecule has 0 amide bonds. The van der Waals surface area contributed by atoms with Crippen LogP contribution < -0.4 is 5.32 Å². The molecule has 3 aliphatic rings. The third-order valence-corrected chi connectivity index (χ3v) is 6.48. The minimum Gasteiger partial charge on any atom is -0.314 e. The normalized spacial score (nSPS) is 39.0. The summed E-state index contributed by atoms with van der Waals surface area (Å²) >= 11 is 1.88. The van der Waals surface area contributed by atoms with Gasteiger partial charge in [0.05, 0.1) is 0 Å². The first-order valence-corrected chi connectivity index (χ1v) is 8.61. The highest BCUT2D eigenvalue weighted by Gasteiger charge is 2.66. The van der Waals surface area contributed by atoms with Crippen LogP contribution in [0, 0.1) is 23.7 Å². The zero-order chi connectivity index (χ0) is 13.0. The Bertz CT molecular complexity index is 454. The lowest BCUT2D eigenvalue weighted by molar-refractivity contribution is 0.456. The number of nitrogens with one attached hydrogen (secondary N) is 1. The SMILES string of the molecule is CC(C)NCCc1nnc(C2C3C4CCC(C4)C23)s1. The van der Waals surface area contributed by atoms with Crippen molar-refractivity contribution in [3.8, 4) is 0 Å². The Labute approximate surface area is 119 Å². The third kappa shape index (κ3) is 2.04. The highest BCUT2D eigenvalue weighted by molar-refractivity contribution is 7.11. The smallest absolute Gasteiger partial charge is 0.121 e. The van der Waals surface area contributed by atoms with E-state index in [1.165, 1.54) is 29.3 Å². The quantitative estimate of drug-likeness (QED) is 0.899. The van der Waals surface area contributed by atoms with Gasteiger partial charge in [-0.15, -0.1) is 21.5 Å². The van der Waals surface area contributed by atoms with Gasteiger partial charge in [0.2, 0.25) is 0 Å². The van der Waals surface area contributed by atoms with Crippen LogP contribution in [0.25, 0.3) is 0 Å². The molecule has 0 aromatic carbocycles. The number of nitrogens with zero attached hydrogens (tertiary/aromatic N) is 2.